The van der Waals surface area contributed by atoms with E-state index in [2.05, 4.69) is 10.3 Å². The van der Waals surface area contributed by atoms with Gasteiger partial charge in [-0.3, -0.25) is 9.59 Å². The molecule has 0 fully saturated rings. The van der Waals surface area contributed by atoms with Gasteiger partial charge in [-0.05, 0) is 32.0 Å². The number of carboxylic acid groups (broad SMARTS) is 1. The van der Waals surface area contributed by atoms with Crippen LogP contribution in [0.5, 0.6) is 0 Å². The van der Waals surface area contributed by atoms with Gasteiger partial charge in [-0.25, -0.2) is 4.98 Å². The zero-order valence-corrected chi connectivity index (χ0v) is 12.4. The first-order valence-corrected chi connectivity index (χ1v) is 6.86. The monoisotopic (exact) mass is 306 g/mol. The molecule has 0 aliphatic carbocycles. The number of aliphatic carboxylic acids is 1. The van der Waals surface area contributed by atoms with E-state index >= 15 is 0 Å². The van der Waals surface area contributed by atoms with Crippen molar-refractivity contribution >= 4 is 34.4 Å². The minimum Gasteiger partial charge on any atom is -0.481 e. The quantitative estimate of drug-likeness (QED) is 0.910. The van der Waals surface area contributed by atoms with Crippen molar-refractivity contribution in [3.63, 3.8) is 0 Å². The van der Waals surface area contributed by atoms with Gasteiger partial charge in [0.05, 0.1) is 11.4 Å². The highest BCUT2D eigenvalue weighted by Crippen LogP contribution is 2.18. The van der Waals surface area contributed by atoms with Gasteiger partial charge in [-0.1, -0.05) is 23.7 Å². The molecule has 0 bridgehead atoms. The van der Waals surface area contributed by atoms with Gasteiger partial charge in [-0.2, -0.15) is 0 Å². The van der Waals surface area contributed by atoms with Crippen LogP contribution in [0.3, 0.4) is 0 Å². The number of pyridine rings is 1. The van der Waals surface area contributed by atoms with Crippen LogP contribution in [-0.2, 0) is 4.79 Å². The molecule has 2 aromatic rings. The van der Waals surface area contributed by atoms with Gasteiger partial charge in [0.15, 0.2) is 0 Å². The fraction of sp³-hybridized carbons (Fsp3) is 0.267. The Kier molecular flexibility index (Phi) is 4.43. The van der Waals surface area contributed by atoms with Gasteiger partial charge in [0.2, 0.25) is 0 Å². The molecular weight excluding hydrogens is 292 g/mol. The summed E-state index contributed by atoms with van der Waals surface area (Å²) in [4.78, 5) is 27.2. The second kappa shape index (κ2) is 6.10. The van der Waals surface area contributed by atoms with Gasteiger partial charge in [0.25, 0.3) is 5.91 Å². The summed E-state index contributed by atoms with van der Waals surface area (Å²) in [5, 5.41) is 13.0. The van der Waals surface area contributed by atoms with Gasteiger partial charge < -0.3 is 10.4 Å². The maximum absolute atomic E-state index is 12.1. The van der Waals surface area contributed by atoms with E-state index in [-0.39, 0.29) is 5.69 Å². The first-order chi connectivity index (χ1) is 9.88. The van der Waals surface area contributed by atoms with Crippen molar-refractivity contribution in [2.75, 3.05) is 0 Å². The molecule has 0 radical (unpaired) electrons. The second-order valence-electron chi connectivity index (χ2n) is 4.92. The lowest BCUT2D eigenvalue weighted by Gasteiger charge is -2.17. The van der Waals surface area contributed by atoms with E-state index in [1.165, 1.54) is 0 Å². The molecule has 5 nitrogen and oxygen atoms in total. The molecule has 6 heteroatoms. The highest BCUT2D eigenvalue weighted by Gasteiger charge is 2.22. The molecule has 0 spiro atoms. The van der Waals surface area contributed by atoms with E-state index in [4.69, 9.17) is 16.7 Å². The maximum atomic E-state index is 12.1. The molecule has 0 aliphatic rings. The number of benzene rings is 1. The molecule has 2 unspecified atom stereocenters. The molecule has 1 aromatic carbocycles. The van der Waals surface area contributed by atoms with Crippen molar-refractivity contribution in [2.45, 2.75) is 19.9 Å². The molecule has 110 valence electrons. The number of rotatable bonds is 4. The lowest BCUT2D eigenvalue weighted by atomic mass is 10.0. The number of carbonyl (C=O) groups excluding carboxylic acids is 1. The first kappa shape index (κ1) is 15.3. The summed E-state index contributed by atoms with van der Waals surface area (Å²) < 4.78 is 0. The van der Waals surface area contributed by atoms with Gasteiger partial charge >= 0.3 is 5.97 Å². The van der Waals surface area contributed by atoms with E-state index in [0.717, 1.165) is 5.39 Å². The van der Waals surface area contributed by atoms with Crippen LogP contribution < -0.4 is 5.32 Å². The van der Waals surface area contributed by atoms with Crippen LogP contribution >= 0.6 is 11.6 Å². The minimum absolute atomic E-state index is 0.231. The molecule has 0 aliphatic heterocycles. The fourth-order valence-corrected chi connectivity index (χ4v) is 2.00. The van der Waals surface area contributed by atoms with Crippen molar-refractivity contribution < 1.29 is 14.7 Å². The largest absolute Gasteiger partial charge is 0.481 e. The van der Waals surface area contributed by atoms with Gasteiger partial charge in [0.1, 0.15) is 5.69 Å². The predicted octanol–water partition coefficient (Wildman–Crippen LogP) is 2.73. The standard InChI is InChI=1S/C15H15ClN2O3/c1-8(15(20)21)9(2)17-14(19)12-6-4-10-3-5-11(16)7-13(10)18-12/h3-9H,1-2H3,(H,17,19)(H,20,21). The Morgan fingerprint density at radius 3 is 2.57 bits per heavy atom. The number of nitrogens with one attached hydrogen (secondary N) is 1. The summed E-state index contributed by atoms with van der Waals surface area (Å²) in [6.07, 6.45) is 0. The third-order valence-electron chi connectivity index (χ3n) is 3.39. The van der Waals surface area contributed by atoms with Crippen LogP contribution in [0.1, 0.15) is 24.3 Å². The van der Waals surface area contributed by atoms with Crippen molar-refractivity contribution in [1.29, 1.82) is 0 Å². The van der Waals surface area contributed by atoms with Crippen molar-refractivity contribution in [2.24, 2.45) is 5.92 Å². The Labute approximate surface area is 126 Å². The Bertz CT molecular complexity index is 702. The number of carbonyl (C=O) groups is 2. The third-order valence-corrected chi connectivity index (χ3v) is 3.62. The van der Waals surface area contributed by atoms with Gasteiger partial charge in [-0.15, -0.1) is 0 Å². The lowest BCUT2D eigenvalue weighted by molar-refractivity contribution is -0.141. The summed E-state index contributed by atoms with van der Waals surface area (Å²) >= 11 is 5.91. The Morgan fingerprint density at radius 1 is 1.24 bits per heavy atom. The number of hydrogen-bond donors (Lipinski definition) is 2. The zero-order chi connectivity index (χ0) is 15.6. The van der Waals surface area contributed by atoms with Crippen LogP contribution in [0, 0.1) is 5.92 Å². The number of amides is 1. The number of nitrogens with zero attached hydrogens (tertiary/aromatic N) is 1. The average molecular weight is 307 g/mol. The number of fused-ring (bicyclic) bond motifs is 1. The predicted molar refractivity (Wildman–Crippen MR) is 80.5 cm³/mol. The Balaban J connectivity index is 2.21. The van der Waals surface area contributed by atoms with Crippen LogP contribution in [0.25, 0.3) is 10.9 Å². The smallest absolute Gasteiger partial charge is 0.308 e. The summed E-state index contributed by atoms with van der Waals surface area (Å²) in [6.45, 7) is 3.19. The number of aromatic nitrogens is 1. The van der Waals surface area contributed by atoms with Gasteiger partial charge in [0, 0.05) is 16.5 Å². The SMILES string of the molecule is CC(NC(=O)c1ccc2ccc(Cl)cc2n1)C(C)C(=O)O. The highest BCUT2D eigenvalue weighted by molar-refractivity contribution is 6.31. The summed E-state index contributed by atoms with van der Waals surface area (Å²) in [7, 11) is 0. The van der Waals surface area contributed by atoms with Crippen LogP contribution in [0.15, 0.2) is 30.3 Å². The third kappa shape index (κ3) is 3.49. The second-order valence-corrected chi connectivity index (χ2v) is 5.36. The molecule has 2 rings (SSSR count). The van der Waals surface area contributed by atoms with Crippen LogP contribution in [0.4, 0.5) is 0 Å². The first-order valence-electron chi connectivity index (χ1n) is 6.48. The number of carboxylic acids is 1. The Morgan fingerprint density at radius 2 is 1.90 bits per heavy atom. The maximum Gasteiger partial charge on any atom is 0.308 e. The molecule has 2 N–H and O–H groups in total. The van der Waals surface area contributed by atoms with Crippen molar-refractivity contribution in [3.8, 4) is 0 Å². The van der Waals surface area contributed by atoms with E-state index in [0.29, 0.717) is 10.5 Å². The molecule has 1 heterocycles. The Hall–Kier alpha value is -2.14. The van der Waals surface area contributed by atoms with Crippen molar-refractivity contribution in [1.82, 2.24) is 10.3 Å². The molecule has 0 saturated carbocycles. The molecule has 1 amide bonds. The van der Waals surface area contributed by atoms with E-state index in [9.17, 15) is 9.59 Å². The summed E-state index contributed by atoms with van der Waals surface area (Å²) in [5.41, 5.74) is 0.850. The number of halogens is 1. The average Bonchev–Trinajstić information content (AvgIpc) is 2.45. The van der Waals surface area contributed by atoms with E-state index in [1.807, 2.05) is 6.07 Å². The van der Waals surface area contributed by atoms with E-state index in [1.54, 1.807) is 38.1 Å². The summed E-state index contributed by atoms with van der Waals surface area (Å²) in [5.74, 6) is -2.04. The normalized spacial score (nSPS) is 13.7. The molecule has 0 saturated heterocycles. The van der Waals surface area contributed by atoms with Crippen LogP contribution in [-0.4, -0.2) is 28.0 Å². The molecule has 21 heavy (non-hydrogen) atoms. The topological polar surface area (TPSA) is 79.3 Å². The molecule has 2 atom stereocenters. The minimum atomic E-state index is -0.957. The molecular formula is C15H15ClN2O3. The van der Waals surface area contributed by atoms with Crippen molar-refractivity contribution in [3.05, 3.63) is 41.0 Å². The zero-order valence-electron chi connectivity index (χ0n) is 11.6. The van der Waals surface area contributed by atoms with E-state index < -0.39 is 23.8 Å². The highest BCUT2D eigenvalue weighted by atomic mass is 35.5. The number of hydrogen-bond acceptors (Lipinski definition) is 3. The fourth-order valence-electron chi connectivity index (χ4n) is 1.84. The van der Waals surface area contributed by atoms with Crippen LogP contribution in [0.2, 0.25) is 5.02 Å². The lowest BCUT2D eigenvalue weighted by Crippen LogP contribution is -2.40. The molecule has 1 aromatic heterocycles. The summed E-state index contributed by atoms with van der Waals surface area (Å²) in [6, 6.07) is 8.13.